The van der Waals surface area contributed by atoms with Gasteiger partial charge >= 0.3 is 0 Å². The lowest BCUT2D eigenvalue weighted by atomic mass is 9.84. The van der Waals surface area contributed by atoms with E-state index in [1.807, 2.05) is 30.5 Å². The van der Waals surface area contributed by atoms with Gasteiger partial charge < -0.3 is 5.73 Å². The predicted octanol–water partition coefficient (Wildman–Crippen LogP) is 4.84. The highest BCUT2D eigenvalue weighted by molar-refractivity contribution is 6.30. The Bertz CT molecular complexity index is 786. The van der Waals surface area contributed by atoms with Crippen LogP contribution in [0, 0.1) is 0 Å². The minimum absolute atomic E-state index is 0.194. The number of anilines is 1. The second-order valence-corrected chi connectivity index (χ2v) is 6.02. The van der Waals surface area contributed by atoms with Crippen molar-refractivity contribution in [2.75, 3.05) is 5.73 Å². The van der Waals surface area contributed by atoms with Crippen LogP contribution in [0.15, 0.2) is 48.7 Å². The first-order valence-electron chi connectivity index (χ1n) is 7.61. The number of benzene rings is 2. The van der Waals surface area contributed by atoms with E-state index in [1.165, 1.54) is 5.56 Å². The standard InChI is InChI=1S/C18H20ClN3/c1-3-18(4-2,13-8-10-14(19)11-9-13)22-17-7-5-6-16(20)15(17)12-21-22/h5-12H,3-4,20H2,1-2H3. The molecule has 0 saturated heterocycles. The number of fused-ring (bicyclic) bond motifs is 1. The number of nitrogens with zero attached hydrogens (tertiary/aromatic N) is 2. The van der Waals surface area contributed by atoms with Crippen molar-refractivity contribution in [3.63, 3.8) is 0 Å². The van der Waals surface area contributed by atoms with Crippen molar-refractivity contribution in [2.24, 2.45) is 0 Å². The highest BCUT2D eigenvalue weighted by Gasteiger charge is 2.32. The van der Waals surface area contributed by atoms with Crippen molar-refractivity contribution in [2.45, 2.75) is 32.2 Å². The summed E-state index contributed by atoms with van der Waals surface area (Å²) in [6, 6.07) is 14.0. The third-order valence-corrected chi connectivity index (χ3v) is 4.86. The van der Waals surface area contributed by atoms with Crippen molar-refractivity contribution < 1.29 is 0 Å². The number of aromatic nitrogens is 2. The van der Waals surface area contributed by atoms with Crippen LogP contribution >= 0.6 is 11.6 Å². The van der Waals surface area contributed by atoms with Gasteiger partial charge in [-0.2, -0.15) is 5.10 Å². The van der Waals surface area contributed by atoms with Crippen LogP contribution in [0.3, 0.4) is 0 Å². The molecule has 0 saturated carbocycles. The quantitative estimate of drug-likeness (QED) is 0.701. The van der Waals surface area contributed by atoms with Gasteiger partial charge in [0.25, 0.3) is 0 Å². The van der Waals surface area contributed by atoms with Gasteiger partial charge in [0.15, 0.2) is 0 Å². The molecule has 0 unspecified atom stereocenters. The van der Waals surface area contributed by atoms with E-state index in [-0.39, 0.29) is 5.54 Å². The van der Waals surface area contributed by atoms with E-state index >= 15 is 0 Å². The SMILES string of the molecule is CCC(CC)(c1ccc(Cl)cc1)n1ncc2c(N)cccc21. The van der Waals surface area contributed by atoms with E-state index in [9.17, 15) is 0 Å². The summed E-state index contributed by atoms with van der Waals surface area (Å²) in [6.45, 7) is 4.38. The third-order valence-electron chi connectivity index (χ3n) is 4.60. The zero-order valence-corrected chi connectivity index (χ0v) is 13.6. The molecule has 3 aromatic rings. The lowest BCUT2D eigenvalue weighted by Gasteiger charge is -2.33. The Hall–Kier alpha value is -2.00. The molecule has 1 aromatic heterocycles. The minimum atomic E-state index is -0.194. The van der Waals surface area contributed by atoms with E-state index in [2.05, 4.69) is 41.8 Å². The fourth-order valence-corrected chi connectivity index (χ4v) is 3.38. The lowest BCUT2D eigenvalue weighted by Crippen LogP contribution is -2.34. The van der Waals surface area contributed by atoms with Gasteiger partial charge in [0.2, 0.25) is 0 Å². The molecule has 3 rings (SSSR count). The Morgan fingerprint density at radius 2 is 1.77 bits per heavy atom. The van der Waals surface area contributed by atoms with E-state index in [0.717, 1.165) is 34.5 Å². The summed E-state index contributed by atoms with van der Waals surface area (Å²) < 4.78 is 2.11. The maximum atomic E-state index is 6.08. The second kappa shape index (κ2) is 5.65. The Balaban J connectivity index is 2.26. The number of nitrogens with two attached hydrogens (primary N) is 1. The van der Waals surface area contributed by atoms with E-state index < -0.39 is 0 Å². The summed E-state index contributed by atoms with van der Waals surface area (Å²) in [5.41, 5.74) is 8.94. The number of hydrogen-bond acceptors (Lipinski definition) is 2. The van der Waals surface area contributed by atoms with Crippen LogP contribution in [-0.2, 0) is 5.54 Å². The zero-order chi connectivity index (χ0) is 15.7. The van der Waals surface area contributed by atoms with Gasteiger partial charge in [-0.3, -0.25) is 4.68 Å². The van der Waals surface area contributed by atoms with Crippen LogP contribution in [0.25, 0.3) is 10.9 Å². The Kier molecular flexibility index (Phi) is 3.83. The molecular formula is C18H20ClN3. The molecule has 0 aliphatic carbocycles. The molecule has 3 nitrogen and oxygen atoms in total. The summed E-state index contributed by atoms with van der Waals surface area (Å²) in [5.74, 6) is 0. The van der Waals surface area contributed by atoms with Gasteiger partial charge in [0.1, 0.15) is 0 Å². The summed E-state index contributed by atoms with van der Waals surface area (Å²) in [6.07, 6.45) is 3.74. The van der Waals surface area contributed by atoms with E-state index in [4.69, 9.17) is 17.3 Å². The van der Waals surface area contributed by atoms with Crippen LogP contribution in [-0.4, -0.2) is 9.78 Å². The lowest BCUT2D eigenvalue weighted by molar-refractivity contribution is 0.307. The smallest absolute Gasteiger partial charge is 0.0877 e. The van der Waals surface area contributed by atoms with Crippen molar-refractivity contribution >= 4 is 28.2 Å². The molecular weight excluding hydrogens is 294 g/mol. The second-order valence-electron chi connectivity index (χ2n) is 5.58. The van der Waals surface area contributed by atoms with Crippen LogP contribution in [0.2, 0.25) is 5.02 Å². The van der Waals surface area contributed by atoms with Gasteiger partial charge in [0.05, 0.1) is 17.3 Å². The molecule has 0 amide bonds. The van der Waals surface area contributed by atoms with Crippen LogP contribution in [0.4, 0.5) is 5.69 Å². The Morgan fingerprint density at radius 3 is 2.41 bits per heavy atom. The van der Waals surface area contributed by atoms with Crippen LogP contribution in [0.1, 0.15) is 32.3 Å². The average molecular weight is 314 g/mol. The zero-order valence-electron chi connectivity index (χ0n) is 12.9. The molecule has 2 aromatic carbocycles. The van der Waals surface area contributed by atoms with Gasteiger partial charge in [-0.1, -0.05) is 43.6 Å². The molecule has 2 N–H and O–H groups in total. The molecule has 0 radical (unpaired) electrons. The molecule has 0 bridgehead atoms. The average Bonchev–Trinajstić information content (AvgIpc) is 2.97. The monoisotopic (exact) mass is 313 g/mol. The number of halogens is 1. The summed E-state index contributed by atoms with van der Waals surface area (Å²) in [4.78, 5) is 0. The first kappa shape index (κ1) is 14.9. The summed E-state index contributed by atoms with van der Waals surface area (Å²) in [7, 11) is 0. The molecule has 0 spiro atoms. The summed E-state index contributed by atoms with van der Waals surface area (Å²) >= 11 is 6.05. The minimum Gasteiger partial charge on any atom is -0.398 e. The van der Waals surface area contributed by atoms with E-state index in [0.29, 0.717) is 0 Å². The Morgan fingerprint density at radius 1 is 1.09 bits per heavy atom. The third kappa shape index (κ3) is 2.17. The highest BCUT2D eigenvalue weighted by Crippen LogP contribution is 2.37. The first-order chi connectivity index (χ1) is 10.6. The number of rotatable bonds is 4. The van der Waals surface area contributed by atoms with E-state index in [1.54, 1.807) is 0 Å². The Labute approximate surface area is 135 Å². The molecule has 22 heavy (non-hydrogen) atoms. The fraction of sp³-hybridized carbons (Fsp3) is 0.278. The van der Waals surface area contributed by atoms with Crippen LogP contribution < -0.4 is 5.73 Å². The maximum Gasteiger partial charge on any atom is 0.0877 e. The highest BCUT2D eigenvalue weighted by atomic mass is 35.5. The molecule has 4 heteroatoms. The van der Waals surface area contributed by atoms with Gasteiger partial charge in [-0.05, 0) is 42.7 Å². The maximum absolute atomic E-state index is 6.08. The summed E-state index contributed by atoms with van der Waals surface area (Å²) in [5, 5.41) is 6.42. The van der Waals surface area contributed by atoms with Crippen molar-refractivity contribution in [1.82, 2.24) is 9.78 Å². The van der Waals surface area contributed by atoms with Crippen molar-refractivity contribution in [1.29, 1.82) is 0 Å². The van der Waals surface area contributed by atoms with Crippen LogP contribution in [0.5, 0.6) is 0 Å². The fourth-order valence-electron chi connectivity index (χ4n) is 3.25. The predicted molar refractivity (Wildman–Crippen MR) is 93.3 cm³/mol. The van der Waals surface area contributed by atoms with Gasteiger partial charge in [-0.15, -0.1) is 0 Å². The number of hydrogen-bond donors (Lipinski definition) is 1. The van der Waals surface area contributed by atoms with Gasteiger partial charge in [-0.25, -0.2) is 0 Å². The molecule has 0 aliphatic heterocycles. The largest absolute Gasteiger partial charge is 0.398 e. The normalized spacial score (nSPS) is 12.0. The van der Waals surface area contributed by atoms with Gasteiger partial charge in [0, 0.05) is 16.1 Å². The molecule has 114 valence electrons. The molecule has 0 aliphatic rings. The molecule has 1 heterocycles. The molecule has 0 fully saturated rings. The van der Waals surface area contributed by atoms with Crippen molar-refractivity contribution in [3.05, 3.63) is 59.2 Å². The first-order valence-corrected chi connectivity index (χ1v) is 7.99. The number of nitrogen functional groups attached to an aromatic ring is 1. The van der Waals surface area contributed by atoms with Crippen molar-refractivity contribution in [3.8, 4) is 0 Å². The topological polar surface area (TPSA) is 43.8 Å². The molecule has 0 atom stereocenters.